The van der Waals surface area contributed by atoms with Crippen molar-refractivity contribution >= 4 is 11.6 Å². The van der Waals surface area contributed by atoms with Crippen LogP contribution in [-0.4, -0.2) is 45.9 Å². The van der Waals surface area contributed by atoms with Gasteiger partial charge in [0, 0.05) is 30.9 Å². The van der Waals surface area contributed by atoms with Gasteiger partial charge in [0.2, 0.25) is 5.88 Å². The van der Waals surface area contributed by atoms with Crippen LogP contribution in [0.2, 0.25) is 0 Å². The van der Waals surface area contributed by atoms with E-state index in [9.17, 15) is 5.11 Å². The van der Waals surface area contributed by atoms with Gasteiger partial charge in [0.05, 0.1) is 19.3 Å². The maximum absolute atomic E-state index is 9.50. The first-order valence-electron chi connectivity index (χ1n) is 8.82. The van der Waals surface area contributed by atoms with Gasteiger partial charge in [-0.1, -0.05) is 13.0 Å². The van der Waals surface area contributed by atoms with E-state index in [1.54, 1.807) is 12.5 Å². The van der Waals surface area contributed by atoms with Gasteiger partial charge in [-0.05, 0) is 25.3 Å². The van der Waals surface area contributed by atoms with Crippen molar-refractivity contribution in [1.29, 1.82) is 0 Å². The third kappa shape index (κ3) is 4.36. The first-order valence-corrected chi connectivity index (χ1v) is 8.82. The van der Waals surface area contributed by atoms with E-state index in [2.05, 4.69) is 32.1 Å². The van der Waals surface area contributed by atoms with Crippen LogP contribution in [0.3, 0.4) is 0 Å². The normalized spacial score (nSPS) is 16.9. The monoisotopic (exact) mass is 343 g/mol. The second kappa shape index (κ2) is 8.62. The summed E-state index contributed by atoms with van der Waals surface area (Å²) in [5, 5.41) is 12.8. The molecule has 2 aromatic rings. The lowest BCUT2D eigenvalue weighted by molar-refractivity contribution is 0.266. The molecule has 2 aromatic heterocycles. The zero-order valence-electron chi connectivity index (χ0n) is 14.6. The molecular formula is C18H25N5O2. The standard InChI is InChI=1S/C18H25N5O2/c1-2-9-25-18-14(5-3-7-19-18)11-20-16-10-17(22-13-21-16)23-8-4-6-15(23)12-24/h3,5,7,10,13,15,24H,2,4,6,8-9,11-12H2,1H3,(H,20,21,22). The summed E-state index contributed by atoms with van der Waals surface area (Å²) in [7, 11) is 0. The minimum Gasteiger partial charge on any atom is -0.477 e. The van der Waals surface area contributed by atoms with E-state index < -0.39 is 0 Å². The van der Waals surface area contributed by atoms with Crippen molar-refractivity contribution in [2.24, 2.45) is 0 Å². The van der Waals surface area contributed by atoms with Gasteiger partial charge in [-0.25, -0.2) is 15.0 Å². The molecule has 3 rings (SSSR count). The SMILES string of the molecule is CCCOc1ncccc1CNc1cc(N2CCCC2CO)ncn1. The molecule has 7 heteroatoms. The maximum atomic E-state index is 9.50. The summed E-state index contributed by atoms with van der Waals surface area (Å²) in [5.74, 6) is 2.26. The number of ether oxygens (including phenoxy) is 1. The second-order valence-corrected chi connectivity index (χ2v) is 6.10. The minimum atomic E-state index is 0.148. The fourth-order valence-electron chi connectivity index (χ4n) is 3.00. The smallest absolute Gasteiger partial charge is 0.218 e. The van der Waals surface area contributed by atoms with Crippen molar-refractivity contribution in [3.05, 3.63) is 36.3 Å². The van der Waals surface area contributed by atoms with Gasteiger partial charge in [-0.2, -0.15) is 0 Å². The van der Waals surface area contributed by atoms with E-state index in [-0.39, 0.29) is 12.6 Å². The average Bonchev–Trinajstić information content (AvgIpc) is 3.14. The summed E-state index contributed by atoms with van der Waals surface area (Å²) in [6.45, 7) is 4.37. The molecule has 1 aliphatic heterocycles. The van der Waals surface area contributed by atoms with Crippen LogP contribution in [0.15, 0.2) is 30.7 Å². The maximum Gasteiger partial charge on any atom is 0.218 e. The fourth-order valence-corrected chi connectivity index (χ4v) is 3.00. The van der Waals surface area contributed by atoms with Crippen LogP contribution in [0.5, 0.6) is 5.88 Å². The van der Waals surface area contributed by atoms with Crippen LogP contribution in [0.4, 0.5) is 11.6 Å². The Balaban J connectivity index is 1.67. The lowest BCUT2D eigenvalue weighted by atomic mass is 10.2. The van der Waals surface area contributed by atoms with E-state index in [4.69, 9.17) is 4.74 Å². The summed E-state index contributed by atoms with van der Waals surface area (Å²) >= 11 is 0. The highest BCUT2D eigenvalue weighted by atomic mass is 16.5. The Morgan fingerprint density at radius 2 is 2.28 bits per heavy atom. The van der Waals surface area contributed by atoms with Gasteiger partial charge in [0.15, 0.2) is 0 Å². The highest BCUT2D eigenvalue weighted by Crippen LogP contribution is 2.25. The summed E-state index contributed by atoms with van der Waals surface area (Å²) in [6, 6.07) is 5.97. The zero-order valence-corrected chi connectivity index (χ0v) is 14.6. The Morgan fingerprint density at radius 1 is 1.36 bits per heavy atom. The lowest BCUT2D eigenvalue weighted by Gasteiger charge is -2.24. The minimum absolute atomic E-state index is 0.148. The van der Waals surface area contributed by atoms with Crippen molar-refractivity contribution in [3.63, 3.8) is 0 Å². The van der Waals surface area contributed by atoms with Crippen molar-refractivity contribution in [2.75, 3.05) is 30.0 Å². The third-order valence-electron chi connectivity index (χ3n) is 4.29. The zero-order chi connectivity index (χ0) is 17.5. The first-order chi connectivity index (χ1) is 12.3. The van der Waals surface area contributed by atoms with Crippen LogP contribution in [0.25, 0.3) is 0 Å². The number of nitrogens with zero attached hydrogens (tertiary/aromatic N) is 4. The largest absolute Gasteiger partial charge is 0.477 e. The number of hydrogen-bond acceptors (Lipinski definition) is 7. The number of aliphatic hydroxyl groups is 1. The van der Waals surface area contributed by atoms with Crippen LogP contribution in [0, 0.1) is 0 Å². The number of nitrogens with one attached hydrogen (secondary N) is 1. The molecule has 0 aliphatic carbocycles. The van der Waals surface area contributed by atoms with Gasteiger partial charge in [0.25, 0.3) is 0 Å². The highest BCUT2D eigenvalue weighted by Gasteiger charge is 2.25. The summed E-state index contributed by atoms with van der Waals surface area (Å²) < 4.78 is 5.69. The quantitative estimate of drug-likeness (QED) is 0.760. The van der Waals surface area contributed by atoms with Crippen molar-refractivity contribution in [3.8, 4) is 5.88 Å². The van der Waals surface area contributed by atoms with E-state index in [1.165, 1.54) is 0 Å². The molecule has 0 amide bonds. The van der Waals surface area contributed by atoms with Gasteiger partial charge in [-0.3, -0.25) is 0 Å². The van der Waals surface area contributed by atoms with Crippen molar-refractivity contribution in [1.82, 2.24) is 15.0 Å². The molecule has 1 saturated heterocycles. The van der Waals surface area contributed by atoms with E-state index in [0.717, 1.165) is 43.0 Å². The molecule has 1 aliphatic rings. The molecular weight excluding hydrogens is 318 g/mol. The summed E-state index contributed by atoms with van der Waals surface area (Å²) in [6.07, 6.45) is 6.31. The summed E-state index contributed by atoms with van der Waals surface area (Å²) in [4.78, 5) is 15.1. The topological polar surface area (TPSA) is 83.4 Å². The molecule has 0 spiro atoms. The van der Waals surface area contributed by atoms with Crippen LogP contribution < -0.4 is 15.0 Å². The number of rotatable bonds is 8. The molecule has 25 heavy (non-hydrogen) atoms. The van der Waals surface area contributed by atoms with Crippen molar-refractivity contribution < 1.29 is 9.84 Å². The van der Waals surface area contributed by atoms with Crippen LogP contribution >= 0.6 is 0 Å². The molecule has 0 radical (unpaired) electrons. The number of pyridine rings is 1. The van der Waals surface area contributed by atoms with E-state index in [0.29, 0.717) is 19.0 Å². The van der Waals surface area contributed by atoms with E-state index in [1.807, 2.05) is 18.2 Å². The van der Waals surface area contributed by atoms with Crippen molar-refractivity contribution in [2.45, 2.75) is 38.8 Å². The number of anilines is 2. The van der Waals surface area contributed by atoms with Gasteiger partial charge in [0.1, 0.15) is 18.0 Å². The highest BCUT2D eigenvalue weighted by molar-refractivity contribution is 5.50. The first kappa shape index (κ1) is 17.4. The van der Waals surface area contributed by atoms with Gasteiger partial charge >= 0.3 is 0 Å². The lowest BCUT2D eigenvalue weighted by Crippen LogP contribution is -2.32. The molecule has 134 valence electrons. The van der Waals surface area contributed by atoms with Gasteiger partial charge in [-0.15, -0.1) is 0 Å². The van der Waals surface area contributed by atoms with Crippen LogP contribution in [0.1, 0.15) is 31.7 Å². The predicted octanol–water partition coefficient (Wildman–Crippen LogP) is 2.23. The van der Waals surface area contributed by atoms with Crippen LogP contribution in [-0.2, 0) is 6.54 Å². The number of aliphatic hydroxyl groups excluding tert-OH is 1. The fraction of sp³-hybridized carbons (Fsp3) is 0.500. The Morgan fingerprint density at radius 3 is 3.12 bits per heavy atom. The molecule has 1 atom stereocenters. The Labute approximate surface area is 148 Å². The Bertz CT molecular complexity index is 682. The average molecular weight is 343 g/mol. The number of aromatic nitrogens is 3. The Kier molecular flexibility index (Phi) is 6.00. The molecule has 3 heterocycles. The second-order valence-electron chi connectivity index (χ2n) is 6.10. The van der Waals surface area contributed by atoms with E-state index >= 15 is 0 Å². The third-order valence-corrected chi connectivity index (χ3v) is 4.29. The molecule has 0 bridgehead atoms. The summed E-state index contributed by atoms with van der Waals surface area (Å²) in [5.41, 5.74) is 0.991. The molecule has 7 nitrogen and oxygen atoms in total. The number of hydrogen-bond donors (Lipinski definition) is 2. The molecule has 0 aromatic carbocycles. The molecule has 1 fully saturated rings. The Hall–Kier alpha value is -2.41. The molecule has 1 unspecified atom stereocenters. The van der Waals surface area contributed by atoms with Gasteiger partial charge < -0.3 is 20.1 Å². The molecule has 0 saturated carbocycles. The predicted molar refractivity (Wildman–Crippen MR) is 96.8 cm³/mol. The molecule has 2 N–H and O–H groups in total.